The van der Waals surface area contributed by atoms with Gasteiger partial charge in [-0.3, -0.25) is 14.5 Å². The van der Waals surface area contributed by atoms with Crippen LogP contribution in [-0.4, -0.2) is 68.8 Å². The van der Waals surface area contributed by atoms with Crippen LogP contribution in [0.1, 0.15) is 23.2 Å². The van der Waals surface area contributed by atoms with Gasteiger partial charge in [0, 0.05) is 73.5 Å². The Bertz CT molecular complexity index is 1310. The summed E-state index contributed by atoms with van der Waals surface area (Å²) in [7, 11) is 6.20. The van der Waals surface area contributed by atoms with Gasteiger partial charge in [0.15, 0.2) is 0 Å². The van der Waals surface area contributed by atoms with E-state index in [0.717, 1.165) is 53.8 Å². The van der Waals surface area contributed by atoms with Gasteiger partial charge < -0.3 is 15.1 Å². The van der Waals surface area contributed by atoms with Crippen molar-refractivity contribution in [1.29, 1.82) is 0 Å². The van der Waals surface area contributed by atoms with Crippen LogP contribution in [0.25, 0.3) is 22.2 Å². The fourth-order valence-corrected chi connectivity index (χ4v) is 4.44. The predicted molar refractivity (Wildman–Crippen MR) is 133 cm³/mol. The monoisotopic (exact) mass is 456 g/mol. The number of pyridine rings is 3. The van der Waals surface area contributed by atoms with Crippen molar-refractivity contribution >= 4 is 28.3 Å². The average Bonchev–Trinajstić information content (AvgIpc) is 3.30. The lowest BCUT2D eigenvalue weighted by Gasteiger charge is -2.37. The molecule has 9 nitrogen and oxygen atoms in total. The molecule has 0 aliphatic carbocycles. The lowest BCUT2D eigenvalue weighted by Crippen LogP contribution is -2.42. The van der Waals surface area contributed by atoms with Crippen LogP contribution in [0.5, 0.6) is 0 Å². The zero-order valence-electron chi connectivity index (χ0n) is 19.6. The summed E-state index contributed by atoms with van der Waals surface area (Å²) >= 11 is 0. The molecule has 174 valence electrons. The number of fused-ring (bicyclic) bond motifs is 1. The Morgan fingerprint density at radius 2 is 1.88 bits per heavy atom. The highest BCUT2D eigenvalue weighted by molar-refractivity contribution is 6.04. The first-order chi connectivity index (χ1) is 16.5. The molecule has 1 aliphatic rings. The number of aryl methyl sites for hydroxylation is 1. The van der Waals surface area contributed by atoms with Crippen LogP contribution in [0, 0.1) is 0 Å². The second-order valence-corrected chi connectivity index (χ2v) is 8.89. The van der Waals surface area contributed by atoms with Gasteiger partial charge in [0.25, 0.3) is 5.91 Å². The van der Waals surface area contributed by atoms with Crippen molar-refractivity contribution in [3.05, 3.63) is 60.8 Å². The lowest BCUT2D eigenvalue weighted by atomic mass is 10.0. The molecule has 0 bridgehead atoms. The Balaban J connectivity index is 1.50. The van der Waals surface area contributed by atoms with Crippen LogP contribution in [0.4, 0.5) is 11.5 Å². The Labute approximate surface area is 198 Å². The zero-order valence-corrected chi connectivity index (χ0v) is 19.6. The number of carbonyl (C=O) groups excluding carboxylic acids is 1. The van der Waals surface area contributed by atoms with Gasteiger partial charge in [0.2, 0.25) is 0 Å². The van der Waals surface area contributed by atoms with E-state index in [1.807, 2.05) is 25.5 Å². The Kier molecular flexibility index (Phi) is 5.93. The average molecular weight is 457 g/mol. The highest BCUT2D eigenvalue weighted by Crippen LogP contribution is 2.34. The number of nitrogens with one attached hydrogen (secondary N) is 1. The van der Waals surface area contributed by atoms with Crippen molar-refractivity contribution in [2.45, 2.75) is 18.9 Å². The van der Waals surface area contributed by atoms with E-state index in [1.54, 1.807) is 35.4 Å². The number of rotatable bonds is 5. The van der Waals surface area contributed by atoms with Crippen LogP contribution >= 0.6 is 0 Å². The molecule has 4 aromatic heterocycles. The van der Waals surface area contributed by atoms with Crippen LogP contribution < -0.4 is 10.2 Å². The molecule has 0 unspecified atom stereocenters. The maximum atomic E-state index is 12.6. The third-order valence-electron chi connectivity index (χ3n) is 6.38. The minimum absolute atomic E-state index is 0.234. The molecule has 0 radical (unpaired) electrons. The van der Waals surface area contributed by atoms with Gasteiger partial charge in [-0.1, -0.05) is 0 Å². The summed E-state index contributed by atoms with van der Waals surface area (Å²) in [6.45, 7) is 1.94. The predicted octanol–water partition coefficient (Wildman–Crippen LogP) is 3.21. The number of carbonyl (C=O) groups is 1. The summed E-state index contributed by atoms with van der Waals surface area (Å²) in [4.78, 5) is 30.7. The molecular formula is C25H28N8O. The van der Waals surface area contributed by atoms with Crippen molar-refractivity contribution in [2.24, 2.45) is 7.05 Å². The first-order valence-electron chi connectivity index (χ1n) is 11.4. The number of nitrogens with zero attached hydrogens (tertiary/aromatic N) is 7. The molecule has 1 amide bonds. The number of amides is 1. The highest BCUT2D eigenvalue weighted by atomic mass is 16.1. The molecular weight excluding hydrogens is 428 g/mol. The summed E-state index contributed by atoms with van der Waals surface area (Å²) in [6.07, 6.45) is 11.0. The molecule has 1 N–H and O–H groups in total. The molecule has 1 fully saturated rings. The van der Waals surface area contributed by atoms with E-state index in [9.17, 15) is 4.79 Å². The molecule has 0 spiro atoms. The van der Waals surface area contributed by atoms with E-state index in [0.29, 0.717) is 17.4 Å². The third-order valence-corrected chi connectivity index (χ3v) is 6.38. The Morgan fingerprint density at radius 1 is 1.12 bits per heavy atom. The lowest BCUT2D eigenvalue weighted by molar-refractivity contribution is 0.102. The molecule has 0 atom stereocenters. The van der Waals surface area contributed by atoms with Gasteiger partial charge in [-0.05, 0) is 45.1 Å². The smallest absolute Gasteiger partial charge is 0.256 e. The molecule has 5 rings (SSSR count). The van der Waals surface area contributed by atoms with Crippen LogP contribution in [0.3, 0.4) is 0 Å². The number of hydrogen-bond acceptors (Lipinski definition) is 7. The van der Waals surface area contributed by atoms with Crippen LogP contribution in [-0.2, 0) is 7.05 Å². The van der Waals surface area contributed by atoms with Crippen LogP contribution in [0.15, 0.2) is 55.2 Å². The molecule has 1 saturated heterocycles. The van der Waals surface area contributed by atoms with E-state index < -0.39 is 0 Å². The normalized spacial score (nSPS) is 14.6. The molecule has 1 aliphatic heterocycles. The Morgan fingerprint density at radius 3 is 2.56 bits per heavy atom. The first kappa shape index (κ1) is 22.0. The SMILES string of the molecule is CN(C)C1CCN(c2cc3cnc(NC(=O)c4ccncc4)cc3nc2-c2cnn(C)c2)CC1. The minimum atomic E-state index is -0.234. The van der Waals surface area contributed by atoms with Gasteiger partial charge in [-0.15, -0.1) is 0 Å². The fraction of sp³-hybridized carbons (Fsp3) is 0.320. The van der Waals surface area contributed by atoms with Crippen molar-refractivity contribution in [1.82, 2.24) is 29.6 Å². The van der Waals surface area contributed by atoms with Crippen molar-refractivity contribution < 1.29 is 4.79 Å². The minimum Gasteiger partial charge on any atom is -0.370 e. The molecule has 0 aromatic carbocycles. The summed E-state index contributed by atoms with van der Waals surface area (Å²) in [5, 5.41) is 8.15. The molecule has 34 heavy (non-hydrogen) atoms. The zero-order chi connectivity index (χ0) is 23.7. The standard InChI is InChI=1S/C25H28N8O/c1-31(2)20-6-10-33(11-7-20)22-12-18-14-27-23(30-25(34)17-4-8-26-9-5-17)13-21(18)29-24(22)19-15-28-32(3)16-19/h4-5,8-9,12-16,20H,6-7,10-11H2,1-3H3,(H,27,30,34). The fourth-order valence-electron chi connectivity index (χ4n) is 4.44. The maximum absolute atomic E-state index is 12.6. The van der Waals surface area contributed by atoms with Gasteiger partial charge in [0.1, 0.15) is 5.82 Å². The second-order valence-electron chi connectivity index (χ2n) is 8.89. The van der Waals surface area contributed by atoms with Gasteiger partial charge in [-0.25, -0.2) is 9.97 Å². The number of hydrogen-bond donors (Lipinski definition) is 1. The molecule has 9 heteroatoms. The summed E-state index contributed by atoms with van der Waals surface area (Å²) in [5.74, 6) is 0.223. The number of aromatic nitrogens is 5. The van der Waals surface area contributed by atoms with Gasteiger partial charge in [0.05, 0.1) is 23.1 Å². The van der Waals surface area contributed by atoms with Crippen molar-refractivity contribution in [3.8, 4) is 11.3 Å². The molecule has 4 aromatic rings. The van der Waals surface area contributed by atoms with Crippen LogP contribution in [0.2, 0.25) is 0 Å². The quantitative estimate of drug-likeness (QED) is 0.493. The first-order valence-corrected chi connectivity index (χ1v) is 11.4. The van der Waals surface area contributed by atoms with E-state index in [2.05, 4.69) is 50.3 Å². The van der Waals surface area contributed by atoms with E-state index in [4.69, 9.17) is 4.98 Å². The second kappa shape index (κ2) is 9.18. The summed E-state index contributed by atoms with van der Waals surface area (Å²) < 4.78 is 1.79. The Hall–Kier alpha value is -3.85. The van der Waals surface area contributed by atoms with E-state index >= 15 is 0 Å². The van der Waals surface area contributed by atoms with Crippen molar-refractivity contribution in [2.75, 3.05) is 37.4 Å². The summed E-state index contributed by atoms with van der Waals surface area (Å²) in [6, 6.07) is 7.90. The molecule has 5 heterocycles. The van der Waals surface area contributed by atoms with Gasteiger partial charge in [-0.2, -0.15) is 5.10 Å². The van der Waals surface area contributed by atoms with E-state index in [1.165, 1.54) is 0 Å². The molecule has 0 saturated carbocycles. The summed E-state index contributed by atoms with van der Waals surface area (Å²) in [5.41, 5.74) is 4.24. The number of piperidine rings is 1. The third kappa shape index (κ3) is 4.47. The van der Waals surface area contributed by atoms with E-state index in [-0.39, 0.29) is 5.91 Å². The maximum Gasteiger partial charge on any atom is 0.256 e. The van der Waals surface area contributed by atoms with Gasteiger partial charge >= 0.3 is 0 Å². The largest absolute Gasteiger partial charge is 0.370 e. The number of anilines is 2. The topological polar surface area (TPSA) is 92.1 Å². The highest BCUT2D eigenvalue weighted by Gasteiger charge is 2.24. The van der Waals surface area contributed by atoms with Crippen molar-refractivity contribution in [3.63, 3.8) is 0 Å².